The fourth-order valence-electron chi connectivity index (χ4n) is 2.03. The van der Waals surface area contributed by atoms with Gasteiger partial charge in [-0.25, -0.2) is 0 Å². The van der Waals surface area contributed by atoms with Crippen LogP contribution in [0.5, 0.6) is 0 Å². The Bertz CT molecular complexity index is 243. The summed E-state index contributed by atoms with van der Waals surface area (Å²) in [6, 6.07) is 0. The minimum absolute atomic E-state index is 0.00302. The summed E-state index contributed by atoms with van der Waals surface area (Å²) in [5, 5.41) is 11.3. The van der Waals surface area contributed by atoms with Crippen molar-refractivity contribution in [2.45, 2.75) is 26.3 Å². The van der Waals surface area contributed by atoms with Gasteiger partial charge in [-0.3, -0.25) is 14.6 Å². The predicted octanol–water partition coefficient (Wildman–Crippen LogP) is -0.489. The van der Waals surface area contributed by atoms with Crippen LogP contribution in [-0.2, 0) is 4.79 Å². The van der Waals surface area contributed by atoms with Gasteiger partial charge in [-0.1, -0.05) is 0 Å². The summed E-state index contributed by atoms with van der Waals surface area (Å²) in [6.45, 7) is 11.3. The highest BCUT2D eigenvalue weighted by atomic mass is 16.3. The van der Waals surface area contributed by atoms with Crippen molar-refractivity contribution in [2.75, 3.05) is 45.9 Å². The summed E-state index contributed by atoms with van der Waals surface area (Å²) in [5.74, 6) is 0.00302. The van der Waals surface area contributed by atoms with Crippen LogP contribution in [0.1, 0.15) is 20.8 Å². The molecule has 1 rings (SSSR count). The number of piperazine rings is 1. The molecule has 2 N–H and O–H groups in total. The smallest absolute Gasteiger partial charge is 0.234 e. The molecule has 1 amide bonds. The molecule has 0 unspecified atom stereocenters. The lowest BCUT2D eigenvalue weighted by molar-refractivity contribution is -0.123. The van der Waals surface area contributed by atoms with Gasteiger partial charge in [-0.2, -0.15) is 0 Å². The van der Waals surface area contributed by atoms with Crippen molar-refractivity contribution in [2.24, 2.45) is 0 Å². The molecule has 1 fully saturated rings. The number of aliphatic hydroxyl groups is 1. The van der Waals surface area contributed by atoms with Crippen LogP contribution in [0.3, 0.4) is 0 Å². The van der Waals surface area contributed by atoms with Crippen LogP contribution in [0.4, 0.5) is 0 Å². The third kappa shape index (κ3) is 5.02. The van der Waals surface area contributed by atoms with Crippen LogP contribution >= 0.6 is 0 Å². The first-order valence-corrected chi connectivity index (χ1v) is 6.28. The molecular weight excluding hydrogens is 218 g/mol. The lowest BCUT2D eigenvalue weighted by Crippen LogP contribution is -2.54. The minimum atomic E-state index is 0.00302. The number of nitrogens with zero attached hydrogens (tertiary/aromatic N) is 2. The molecule has 1 aliphatic heterocycles. The molecule has 0 aliphatic carbocycles. The predicted molar refractivity (Wildman–Crippen MR) is 67.9 cm³/mol. The van der Waals surface area contributed by atoms with Crippen molar-refractivity contribution in [3.05, 3.63) is 0 Å². The topological polar surface area (TPSA) is 55.8 Å². The fraction of sp³-hybridized carbons (Fsp3) is 0.917. The van der Waals surface area contributed by atoms with Gasteiger partial charge in [-0.15, -0.1) is 0 Å². The molecule has 0 bridgehead atoms. The van der Waals surface area contributed by atoms with Crippen molar-refractivity contribution in [3.8, 4) is 0 Å². The highest BCUT2D eigenvalue weighted by Gasteiger charge is 2.26. The first kappa shape index (κ1) is 14.4. The summed E-state index contributed by atoms with van der Waals surface area (Å²) in [7, 11) is 0. The van der Waals surface area contributed by atoms with E-state index in [1.54, 1.807) is 0 Å². The van der Waals surface area contributed by atoms with Crippen LogP contribution in [0.2, 0.25) is 0 Å². The number of nitrogens with one attached hydrogen (secondary N) is 1. The van der Waals surface area contributed by atoms with Crippen LogP contribution in [0.15, 0.2) is 0 Å². The molecule has 0 aromatic heterocycles. The monoisotopic (exact) mass is 243 g/mol. The number of rotatable bonds is 4. The molecule has 1 heterocycles. The zero-order chi connectivity index (χ0) is 12.9. The second kappa shape index (κ2) is 6.33. The minimum Gasteiger partial charge on any atom is -0.395 e. The van der Waals surface area contributed by atoms with Gasteiger partial charge in [0.15, 0.2) is 0 Å². The van der Waals surface area contributed by atoms with E-state index in [9.17, 15) is 4.79 Å². The fourth-order valence-corrected chi connectivity index (χ4v) is 2.03. The third-order valence-electron chi connectivity index (χ3n) is 3.12. The van der Waals surface area contributed by atoms with Gasteiger partial charge in [0.05, 0.1) is 13.2 Å². The molecule has 0 spiro atoms. The highest BCUT2D eigenvalue weighted by molar-refractivity contribution is 5.77. The Labute approximate surface area is 104 Å². The molecule has 17 heavy (non-hydrogen) atoms. The summed E-state index contributed by atoms with van der Waals surface area (Å²) in [5.41, 5.74) is 0.214. The second-order valence-corrected chi connectivity index (χ2v) is 5.51. The van der Waals surface area contributed by atoms with Crippen molar-refractivity contribution < 1.29 is 9.90 Å². The van der Waals surface area contributed by atoms with Gasteiger partial charge in [0.1, 0.15) is 0 Å². The van der Waals surface area contributed by atoms with Gasteiger partial charge in [0, 0.05) is 38.3 Å². The normalized spacial score (nSPS) is 19.3. The third-order valence-corrected chi connectivity index (χ3v) is 3.12. The Morgan fingerprint density at radius 3 is 2.29 bits per heavy atom. The SMILES string of the molecule is CC(C)(C)N1CCN(CC(=O)NCCO)CC1. The quantitative estimate of drug-likeness (QED) is 0.700. The molecule has 5 nitrogen and oxygen atoms in total. The van der Waals surface area contributed by atoms with Crippen molar-refractivity contribution in [3.63, 3.8) is 0 Å². The van der Waals surface area contributed by atoms with E-state index in [0.717, 1.165) is 26.2 Å². The summed E-state index contributed by atoms with van der Waals surface area (Å²) >= 11 is 0. The summed E-state index contributed by atoms with van der Waals surface area (Å²) in [4.78, 5) is 16.1. The van der Waals surface area contributed by atoms with E-state index >= 15 is 0 Å². The van der Waals surface area contributed by atoms with Crippen LogP contribution < -0.4 is 5.32 Å². The molecule has 1 saturated heterocycles. The van der Waals surface area contributed by atoms with E-state index in [0.29, 0.717) is 13.1 Å². The Morgan fingerprint density at radius 1 is 1.24 bits per heavy atom. The summed E-state index contributed by atoms with van der Waals surface area (Å²) in [6.07, 6.45) is 0. The zero-order valence-corrected chi connectivity index (χ0v) is 11.2. The number of hydrogen-bond acceptors (Lipinski definition) is 4. The number of amides is 1. The van der Waals surface area contributed by atoms with Gasteiger partial charge in [0.25, 0.3) is 0 Å². The molecular formula is C12H25N3O2. The first-order valence-electron chi connectivity index (χ1n) is 6.28. The first-order chi connectivity index (χ1) is 7.93. The largest absolute Gasteiger partial charge is 0.395 e. The standard InChI is InChI=1S/C12H25N3O2/c1-12(2,3)15-7-5-14(6-8-15)10-11(17)13-4-9-16/h16H,4-10H2,1-3H3,(H,13,17). The molecule has 1 aliphatic rings. The van der Waals surface area contributed by atoms with E-state index in [4.69, 9.17) is 5.11 Å². The average Bonchev–Trinajstić information content (AvgIpc) is 2.26. The Kier molecular flexibility index (Phi) is 5.36. The average molecular weight is 243 g/mol. The zero-order valence-electron chi connectivity index (χ0n) is 11.2. The Morgan fingerprint density at radius 2 is 1.82 bits per heavy atom. The van der Waals surface area contributed by atoms with Gasteiger partial charge in [0.2, 0.25) is 5.91 Å². The van der Waals surface area contributed by atoms with Gasteiger partial charge < -0.3 is 10.4 Å². The number of carbonyl (C=O) groups is 1. The molecule has 100 valence electrons. The van der Waals surface area contributed by atoms with E-state index in [-0.39, 0.29) is 18.1 Å². The molecule has 0 atom stereocenters. The molecule has 0 radical (unpaired) electrons. The van der Waals surface area contributed by atoms with E-state index < -0.39 is 0 Å². The highest BCUT2D eigenvalue weighted by Crippen LogP contribution is 2.15. The second-order valence-electron chi connectivity index (χ2n) is 5.51. The van der Waals surface area contributed by atoms with Gasteiger partial charge in [-0.05, 0) is 20.8 Å². The molecule has 0 saturated carbocycles. The van der Waals surface area contributed by atoms with Crippen molar-refractivity contribution in [1.29, 1.82) is 0 Å². The Hall–Kier alpha value is -0.650. The molecule has 0 aromatic carbocycles. The van der Waals surface area contributed by atoms with E-state index in [1.165, 1.54) is 0 Å². The number of carbonyl (C=O) groups excluding carboxylic acids is 1. The van der Waals surface area contributed by atoms with Crippen LogP contribution in [-0.4, -0.2) is 72.2 Å². The molecule has 5 heteroatoms. The van der Waals surface area contributed by atoms with Gasteiger partial charge >= 0.3 is 0 Å². The maximum Gasteiger partial charge on any atom is 0.234 e. The number of aliphatic hydroxyl groups excluding tert-OH is 1. The van der Waals surface area contributed by atoms with Crippen LogP contribution in [0.25, 0.3) is 0 Å². The van der Waals surface area contributed by atoms with E-state index in [2.05, 4.69) is 35.9 Å². The lowest BCUT2D eigenvalue weighted by Gasteiger charge is -2.42. The maximum atomic E-state index is 11.5. The Balaban J connectivity index is 2.25. The van der Waals surface area contributed by atoms with E-state index in [1.807, 2.05) is 0 Å². The molecule has 0 aromatic rings. The van der Waals surface area contributed by atoms with Crippen molar-refractivity contribution in [1.82, 2.24) is 15.1 Å². The lowest BCUT2D eigenvalue weighted by atomic mass is 10.1. The summed E-state index contributed by atoms with van der Waals surface area (Å²) < 4.78 is 0. The van der Waals surface area contributed by atoms with Crippen LogP contribution in [0, 0.1) is 0 Å². The van der Waals surface area contributed by atoms with Crippen molar-refractivity contribution >= 4 is 5.91 Å². The number of hydrogen-bond donors (Lipinski definition) is 2. The maximum absolute atomic E-state index is 11.5.